The Morgan fingerprint density at radius 2 is 1.83 bits per heavy atom. The highest BCUT2D eigenvalue weighted by atomic mass is 32.2. The average Bonchev–Trinajstić information content (AvgIpc) is 2.29. The third-order valence-electron chi connectivity index (χ3n) is 3.11. The predicted octanol–water partition coefficient (Wildman–Crippen LogP) is 1.26. The first-order valence-electron chi connectivity index (χ1n) is 5.92. The maximum Gasteiger partial charge on any atom is 0.238 e. The Kier molecular flexibility index (Phi) is 4.72. The van der Waals surface area contributed by atoms with E-state index in [1.807, 2.05) is 0 Å². The number of sulfonamides is 1. The van der Waals surface area contributed by atoms with Crippen LogP contribution < -0.4 is 16.2 Å². The monoisotopic (exact) mass is 271 g/mol. The molecule has 1 aromatic rings. The number of nitrogens with one attached hydrogen (secondary N) is 1. The molecule has 5 N–H and O–H groups in total. The summed E-state index contributed by atoms with van der Waals surface area (Å²) >= 11 is 0. The van der Waals surface area contributed by atoms with E-state index >= 15 is 0 Å². The smallest absolute Gasteiger partial charge is 0.238 e. The van der Waals surface area contributed by atoms with Gasteiger partial charge in [0, 0.05) is 11.2 Å². The number of rotatable bonds is 6. The summed E-state index contributed by atoms with van der Waals surface area (Å²) in [5, 5.41) is 8.41. The van der Waals surface area contributed by atoms with E-state index in [2.05, 4.69) is 19.2 Å². The van der Waals surface area contributed by atoms with Gasteiger partial charge in [0.15, 0.2) is 0 Å². The van der Waals surface area contributed by atoms with E-state index < -0.39 is 10.0 Å². The molecular weight excluding hydrogens is 250 g/mol. The molecule has 1 atom stereocenters. The molecule has 0 bridgehead atoms. The fourth-order valence-corrected chi connectivity index (χ4v) is 2.24. The number of benzene rings is 1. The summed E-state index contributed by atoms with van der Waals surface area (Å²) in [6.07, 6.45) is 1.78. The summed E-state index contributed by atoms with van der Waals surface area (Å²) in [5.74, 6) is 0. The molecule has 0 aliphatic rings. The number of nitrogens with two attached hydrogens (primary N) is 2. The molecule has 0 fully saturated rings. The Bertz CT molecular complexity index is 485. The van der Waals surface area contributed by atoms with Gasteiger partial charge in [-0.1, -0.05) is 6.92 Å². The minimum Gasteiger partial charge on any atom is -0.380 e. The summed E-state index contributed by atoms with van der Waals surface area (Å²) in [7, 11) is -3.63. The van der Waals surface area contributed by atoms with Crippen molar-refractivity contribution in [2.75, 3.05) is 11.9 Å². The molecule has 18 heavy (non-hydrogen) atoms. The summed E-state index contributed by atoms with van der Waals surface area (Å²) in [6, 6.07) is 6.42. The molecule has 0 aliphatic heterocycles. The van der Waals surface area contributed by atoms with Gasteiger partial charge in [0.2, 0.25) is 10.0 Å². The van der Waals surface area contributed by atoms with Gasteiger partial charge in [0.25, 0.3) is 0 Å². The highest BCUT2D eigenvalue weighted by molar-refractivity contribution is 7.89. The zero-order chi connectivity index (χ0) is 13.8. The lowest BCUT2D eigenvalue weighted by Gasteiger charge is -2.30. The van der Waals surface area contributed by atoms with Crippen LogP contribution in [0.3, 0.4) is 0 Å². The van der Waals surface area contributed by atoms with Crippen molar-refractivity contribution in [3.05, 3.63) is 24.3 Å². The van der Waals surface area contributed by atoms with E-state index in [-0.39, 0.29) is 10.4 Å². The first kappa shape index (κ1) is 14.9. The van der Waals surface area contributed by atoms with Gasteiger partial charge in [-0.05, 0) is 50.6 Å². The van der Waals surface area contributed by atoms with Crippen LogP contribution in [0.4, 0.5) is 5.69 Å². The molecule has 1 rings (SSSR count). The van der Waals surface area contributed by atoms with E-state index in [0.717, 1.165) is 18.5 Å². The van der Waals surface area contributed by atoms with Crippen LogP contribution in [0.2, 0.25) is 0 Å². The third-order valence-corrected chi connectivity index (χ3v) is 4.03. The Labute approximate surface area is 109 Å². The predicted molar refractivity (Wildman–Crippen MR) is 73.8 cm³/mol. The molecule has 0 amide bonds. The molecule has 0 spiro atoms. The largest absolute Gasteiger partial charge is 0.380 e. The van der Waals surface area contributed by atoms with E-state index in [1.165, 1.54) is 12.1 Å². The lowest BCUT2D eigenvalue weighted by molar-refractivity contribution is 0.463. The number of anilines is 1. The second kappa shape index (κ2) is 5.69. The van der Waals surface area contributed by atoms with Gasteiger partial charge in [-0.25, -0.2) is 13.6 Å². The van der Waals surface area contributed by atoms with Crippen LogP contribution >= 0.6 is 0 Å². The van der Waals surface area contributed by atoms with Gasteiger partial charge in [-0.15, -0.1) is 0 Å². The van der Waals surface area contributed by atoms with Crippen LogP contribution in [0.5, 0.6) is 0 Å². The normalized spacial score (nSPS) is 15.1. The maximum absolute atomic E-state index is 11.1. The molecule has 0 heterocycles. The lowest BCUT2D eigenvalue weighted by Crippen LogP contribution is -2.36. The number of primary sulfonamides is 1. The van der Waals surface area contributed by atoms with Crippen LogP contribution in [-0.2, 0) is 10.0 Å². The van der Waals surface area contributed by atoms with Crippen LogP contribution in [-0.4, -0.2) is 20.5 Å². The summed E-state index contributed by atoms with van der Waals surface area (Å²) in [6.45, 7) is 4.78. The Morgan fingerprint density at radius 3 is 2.22 bits per heavy atom. The van der Waals surface area contributed by atoms with Crippen LogP contribution in [0.25, 0.3) is 0 Å². The fourth-order valence-electron chi connectivity index (χ4n) is 1.72. The van der Waals surface area contributed by atoms with Crippen molar-refractivity contribution >= 4 is 15.7 Å². The molecule has 0 aromatic heterocycles. The van der Waals surface area contributed by atoms with Crippen molar-refractivity contribution in [2.24, 2.45) is 10.9 Å². The molecule has 1 unspecified atom stereocenters. The van der Waals surface area contributed by atoms with Crippen LogP contribution in [0.15, 0.2) is 29.2 Å². The number of hydrogen-bond acceptors (Lipinski definition) is 4. The van der Waals surface area contributed by atoms with Crippen molar-refractivity contribution in [1.82, 2.24) is 0 Å². The minimum absolute atomic E-state index is 0.0855. The summed E-state index contributed by atoms with van der Waals surface area (Å²) < 4.78 is 22.3. The first-order valence-corrected chi connectivity index (χ1v) is 7.46. The molecule has 5 nitrogen and oxygen atoms in total. The van der Waals surface area contributed by atoms with Crippen molar-refractivity contribution in [2.45, 2.75) is 37.1 Å². The lowest BCUT2D eigenvalue weighted by atomic mass is 9.94. The van der Waals surface area contributed by atoms with E-state index in [0.29, 0.717) is 6.54 Å². The maximum atomic E-state index is 11.1. The minimum atomic E-state index is -3.63. The highest BCUT2D eigenvalue weighted by Crippen LogP contribution is 2.22. The quantitative estimate of drug-likeness (QED) is 0.725. The fraction of sp³-hybridized carbons (Fsp3) is 0.500. The molecular formula is C12H21N3O2S. The van der Waals surface area contributed by atoms with Crippen molar-refractivity contribution in [3.8, 4) is 0 Å². The molecule has 0 saturated heterocycles. The first-order chi connectivity index (χ1) is 8.30. The summed E-state index contributed by atoms with van der Waals surface area (Å²) in [4.78, 5) is 0.116. The van der Waals surface area contributed by atoms with Crippen molar-refractivity contribution in [3.63, 3.8) is 0 Å². The second-order valence-corrected chi connectivity index (χ2v) is 6.21. The zero-order valence-corrected chi connectivity index (χ0v) is 11.6. The molecule has 0 aliphatic carbocycles. The van der Waals surface area contributed by atoms with Crippen molar-refractivity contribution < 1.29 is 8.42 Å². The van der Waals surface area contributed by atoms with E-state index in [9.17, 15) is 8.42 Å². The topological polar surface area (TPSA) is 98.2 Å². The molecule has 102 valence electrons. The standard InChI is InChI=1S/C12H21N3O2S/c1-3-12(2,8-9-13)15-10-4-6-11(7-5-10)18(14,16)17/h4-7,15H,3,8-9,13H2,1-2H3,(H2,14,16,17). The van der Waals surface area contributed by atoms with Gasteiger partial charge in [0.1, 0.15) is 0 Å². The Hall–Kier alpha value is -1.11. The molecule has 1 aromatic carbocycles. The SMILES string of the molecule is CCC(C)(CCN)Nc1ccc(S(N)(=O)=O)cc1. The van der Waals surface area contributed by atoms with Gasteiger partial charge in [0.05, 0.1) is 4.90 Å². The van der Waals surface area contributed by atoms with Crippen LogP contribution in [0.1, 0.15) is 26.7 Å². The molecule has 0 saturated carbocycles. The average molecular weight is 271 g/mol. The van der Waals surface area contributed by atoms with Gasteiger partial charge in [-0.3, -0.25) is 0 Å². The van der Waals surface area contributed by atoms with E-state index in [1.54, 1.807) is 12.1 Å². The highest BCUT2D eigenvalue weighted by Gasteiger charge is 2.20. The molecule has 6 heteroatoms. The second-order valence-electron chi connectivity index (χ2n) is 4.65. The zero-order valence-electron chi connectivity index (χ0n) is 10.8. The number of hydrogen-bond donors (Lipinski definition) is 3. The Morgan fingerprint density at radius 1 is 1.28 bits per heavy atom. The Balaban J connectivity index is 2.87. The van der Waals surface area contributed by atoms with Gasteiger partial charge in [-0.2, -0.15) is 0 Å². The van der Waals surface area contributed by atoms with Gasteiger partial charge < -0.3 is 11.1 Å². The van der Waals surface area contributed by atoms with Gasteiger partial charge >= 0.3 is 0 Å². The van der Waals surface area contributed by atoms with E-state index in [4.69, 9.17) is 10.9 Å². The third kappa shape index (κ3) is 3.97. The van der Waals surface area contributed by atoms with Crippen LogP contribution in [0, 0.1) is 0 Å². The van der Waals surface area contributed by atoms with Crippen molar-refractivity contribution in [1.29, 1.82) is 0 Å². The summed E-state index contributed by atoms with van der Waals surface area (Å²) in [5.41, 5.74) is 6.37. The molecule has 0 radical (unpaired) electrons.